The number of aromatic nitrogens is 1. The van der Waals surface area contributed by atoms with Gasteiger partial charge in [-0.1, -0.05) is 19.3 Å². The van der Waals surface area contributed by atoms with Gasteiger partial charge >= 0.3 is 0 Å². The Bertz CT molecular complexity index is 380. The summed E-state index contributed by atoms with van der Waals surface area (Å²) in [5, 5.41) is 3.30. The van der Waals surface area contributed by atoms with E-state index in [9.17, 15) is 4.79 Å². The van der Waals surface area contributed by atoms with E-state index in [1.807, 2.05) is 12.1 Å². The van der Waals surface area contributed by atoms with Gasteiger partial charge < -0.3 is 11.1 Å². The van der Waals surface area contributed by atoms with Crippen LogP contribution in [0.3, 0.4) is 0 Å². The molecule has 1 aromatic heterocycles. The van der Waals surface area contributed by atoms with E-state index >= 15 is 0 Å². The van der Waals surface area contributed by atoms with Crippen LogP contribution >= 0.6 is 12.4 Å². The molecule has 1 amide bonds. The smallest absolute Gasteiger partial charge is 0.234 e. The zero-order valence-electron chi connectivity index (χ0n) is 11.0. The molecule has 1 fully saturated rings. The number of halogens is 1. The molecule has 1 aromatic rings. The van der Waals surface area contributed by atoms with E-state index in [4.69, 9.17) is 5.73 Å². The van der Waals surface area contributed by atoms with E-state index in [1.165, 1.54) is 19.3 Å². The maximum absolute atomic E-state index is 11.6. The summed E-state index contributed by atoms with van der Waals surface area (Å²) in [5.41, 5.74) is 6.65. The SMILES string of the molecule is Cl.NC(=O)C(NCc1ccncc1)C1CCCCC1. The average molecular weight is 284 g/mol. The van der Waals surface area contributed by atoms with Crippen molar-refractivity contribution in [2.45, 2.75) is 44.7 Å². The molecular weight excluding hydrogens is 262 g/mol. The second kappa shape index (κ2) is 8.12. The van der Waals surface area contributed by atoms with Gasteiger partial charge in [-0.3, -0.25) is 9.78 Å². The molecule has 0 aliphatic heterocycles. The Balaban J connectivity index is 0.00000180. The Kier molecular flexibility index (Phi) is 6.81. The Labute approximate surface area is 120 Å². The van der Waals surface area contributed by atoms with Crippen molar-refractivity contribution in [1.82, 2.24) is 10.3 Å². The zero-order valence-corrected chi connectivity index (χ0v) is 11.9. The van der Waals surface area contributed by atoms with Gasteiger partial charge in [-0.15, -0.1) is 12.4 Å². The first kappa shape index (κ1) is 15.9. The quantitative estimate of drug-likeness (QED) is 0.869. The predicted octanol–water partition coefficient (Wildman–Crippen LogP) is 2.03. The molecule has 0 radical (unpaired) electrons. The Hall–Kier alpha value is -1.13. The first-order valence-electron chi connectivity index (χ1n) is 6.69. The summed E-state index contributed by atoms with van der Waals surface area (Å²) < 4.78 is 0. The lowest BCUT2D eigenvalue weighted by molar-refractivity contribution is -0.121. The van der Waals surface area contributed by atoms with E-state index < -0.39 is 0 Å². The molecule has 3 N–H and O–H groups in total. The van der Waals surface area contributed by atoms with Crippen molar-refractivity contribution >= 4 is 18.3 Å². The van der Waals surface area contributed by atoms with Crippen LogP contribution in [0.1, 0.15) is 37.7 Å². The molecule has 0 spiro atoms. The van der Waals surface area contributed by atoms with Crippen LogP contribution in [0.2, 0.25) is 0 Å². The highest BCUT2D eigenvalue weighted by Gasteiger charge is 2.27. The van der Waals surface area contributed by atoms with Gasteiger partial charge in [-0.25, -0.2) is 0 Å². The Morgan fingerprint density at radius 3 is 2.53 bits per heavy atom. The number of pyridine rings is 1. The third kappa shape index (κ3) is 4.80. The van der Waals surface area contributed by atoms with E-state index in [1.54, 1.807) is 12.4 Å². The molecule has 0 bridgehead atoms. The van der Waals surface area contributed by atoms with Crippen LogP contribution in [0.15, 0.2) is 24.5 Å². The van der Waals surface area contributed by atoms with E-state index in [2.05, 4.69) is 10.3 Å². The van der Waals surface area contributed by atoms with Crippen LogP contribution in [0.25, 0.3) is 0 Å². The van der Waals surface area contributed by atoms with Crippen molar-refractivity contribution in [2.75, 3.05) is 0 Å². The van der Waals surface area contributed by atoms with Crippen LogP contribution in [0.5, 0.6) is 0 Å². The highest BCUT2D eigenvalue weighted by atomic mass is 35.5. The standard InChI is InChI=1S/C14H21N3O.ClH/c15-14(18)13(12-4-2-1-3-5-12)17-10-11-6-8-16-9-7-11;/h6-9,12-13,17H,1-5,10H2,(H2,15,18);1H. The largest absolute Gasteiger partial charge is 0.368 e. The lowest BCUT2D eigenvalue weighted by atomic mass is 9.83. The van der Waals surface area contributed by atoms with Crippen molar-refractivity contribution in [1.29, 1.82) is 0 Å². The van der Waals surface area contributed by atoms with Crippen molar-refractivity contribution in [2.24, 2.45) is 11.7 Å². The molecule has 1 aliphatic rings. The van der Waals surface area contributed by atoms with Gasteiger partial charge in [0.2, 0.25) is 5.91 Å². The molecule has 1 heterocycles. The predicted molar refractivity (Wildman–Crippen MR) is 77.9 cm³/mol. The molecule has 1 atom stereocenters. The summed E-state index contributed by atoms with van der Waals surface area (Å²) in [6, 6.07) is 3.70. The highest BCUT2D eigenvalue weighted by Crippen LogP contribution is 2.26. The third-order valence-electron chi connectivity index (χ3n) is 3.70. The summed E-state index contributed by atoms with van der Waals surface area (Å²) >= 11 is 0. The number of nitrogens with two attached hydrogens (primary N) is 1. The van der Waals surface area contributed by atoms with Crippen LogP contribution in [0, 0.1) is 5.92 Å². The Morgan fingerprint density at radius 2 is 1.95 bits per heavy atom. The molecular formula is C14H22ClN3O. The number of carbonyl (C=O) groups is 1. The lowest BCUT2D eigenvalue weighted by Crippen LogP contribution is -2.46. The van der Waals surface area contributed by atoms with E-state index in [-0.39, 0.29) is 24.4 Å². The molecule has 0 aromatic carbocycles. The minimum Gasteiger partial charge on any atom is -0.368 e. The van der Waals surface area contributed by atoms with Gasteiger partial charge in [-0.05, 0) is 36.5 Å². The number of hydrogen-bond acceptors (Lipinski definition) is 3. The summed E-state index contributed by atoms with van der Waals surface area (Å²) in [5.74, 6) is 0.175. The molecule has 1 saturated carbocycles. The van der Waals surface area contributed by atoms with E-state index in [0.717, 1.165) is 18.4 Å². The van der Waals surface area contributed by atoms with Crippen molar-refractivity contribution in [3.8, 4) is 0 Å². The summed E-state index contributed by atoms with van der Waals surface area (Å²) in [7, 11) is 0. The minimum atomic E-state index is -0.226. The van der Waals surface area contributed by atoms with Crippen molar-refractivity contribution < 1.29 is 4.79 Å². The van der Waals surface area contributed by atoms with Crippen LogP contribution in [-0.2, 0) is 11.3 Å². The molecule has 19 heavy (non-hydrogen) atoms. The number of nitrogens with one attached hydrogen (secondary N) is 1. The fraction of sp³-hybridized carbons (Fsp3) is 0.571. The monoisotopic (exact) mass is 283 g/mol. The Morgan fingerprint density at radius 1 is 1.32 bits per heavy atom. The first-order valence-corrected chi connectivity index (χ1v) is 6.69. The summed E-state index contributed by atoms with van der Waals surface area (Å²) in [6.45, 7) is 0.673. The van der Waals surface area contributed by atoms with Gasteiger partial charge in [0.15, 0.2) is 0 Å². The normalized spacial score (nSPS) is 17.5. The van der Waals surface area contributed by atoms with E-state index in [0.29, 0.717) is 12.5 Å². The average Bonchev–Trinajstić information content (AvgIpc) is 2.41. The van der Waals surface area contributed by atoms with Gasteiger partial charge in [-0.2, -0.15) is 0 Å². The molecule has 2 rings (SSSR count). The first-order chi connectivity index (χ1) is 8.77. The fourth-order valence-corrected chi connectivity index (χ4v) is 2.70. The molecule has 4 nitrogen and oxygen atoms in total. The third-order valence-corrected chi connectivity index (χ3v) is 3.70. The number of nitrogens with zero attached hydrogens (tertiary/aromatic N) is 1. The lowest BCUT2D eigenvalue weighted by Gasteiger charge is -2.28. The fourth-order valence-electron chi connectivity index (χ4n) is 2.70. The van der Waals surface area contributed by atoms with Gasteiger partial charge in [0.25, 0.3) is 0 Å². The summed E-state index contributed by atoms with van der Waals surface area (Å²) in [6.07, 6.45) is 9.45. The molecule has 5 heteroatoms. The topological polar surface area (TPSA) is 68.0 Å². The molecule has 1 aliphatic carbocycles. The second-order valence-corrected chi connectivity index (χ2v) is 5.01. The number of primary amides is 1. The molecule has 0 saturated heterocycles. The maximum Gasteiger partial charge on any atom is 0.234 e. The van der Waals surface area contributed by atoms with Gasteiger partial charge in [0.05, 0.1) is 6.04 Å². The van der Waals surface area contributed by atoms with Crippen LogP contribution in [-0.4, -0.2) is 16.9 Å². The molecule has 1 unspecified atom stereocenters. The minimum absolute atomic E-state index is 0. The van der Waals surface area contributed by atoms with Gasteiger partial charge in [0, 0.05) is 18.9 Å². The summed E-state index contributed by atoms with van der Waals surface area (Å²) in [4.78, 5) is 15.5. The van der Waals surface area contributed by atoms with Crippen molar-refractivity contribution in [3.63, 3.8) is 0 Å². The van der Waals surface area contributed by atoms with Crippen LogP contribution in [0.4, 0.5) is 0 Å². The zero-order chi connectivity index (χ0) is 12.8. The highest BCUT2D eigenvalue weighted by molar-refractivity contribution is 5.85. The number of carbonyl (C=O) groups excluding carboxylic acids is 1. The van der Waals surface area contributed by atoms with Gasteiger partial charge in [0.1, 0.15) is 0 Å². The molecule has 106 valence electrons. The maximum atomic E-state index is 11.6. The number of hydrogen-bond donors (Lipinski definition) is 2. The van der Waals surface area contributed by atoms with Crippen LogP contribution < -0.4 is 11.1 Å². The van der Waals surface area contributed by atoms with Crippen molar-refractivity contribution in [3.05, 3.63) is 30.1 Å². The number of rotatable bonds is 5. The number of amides is 1. The second-order valence-electron chi connectivity index (χ2n) is 5.01.